The van der Waals surface area contributed by atoms with Gasteiger partial charge in [-0.15, -0.1) is 0 Å². The molecule has 3 amide bonds. The van der Waals surface area contributed by atoms with E-state index in [1.165, 1.54) is 12.1 Å². The van der Waals surface area contributed by atoms with Crippen LogP contribution in [0.4, 0.5) is 10.1 Å². The molecule has 1 aliphatic rings. The van der Waals surface area contributed by atoms with Gasteiger partial charge in [0.25, 0.3) is 11.8 Å². The lowest BCUT2D eigenvalue weighted by Gasteiger charge is -2.30. The molecule has 1 heterocycles. The first kappa shape index (κ1) is 19.6. The van der Waals surface area contributed by atoms with E-state index >= 15 is 0 Å². The van der Waals surface area contributed by atoms with Crippen molar-refractivity contribution in [3.63, 3.8) is 0 Å². The van der Waals surface area contributed by atoms with Crippen LogP contribution in [-0.2, 0) is 9.59 Å². The van der Waals surface area contributed by atoms with Gasteiger partial charge in [0, 0.05) is 16.8 Å². The molecule has 0 aromatic heterocycles. The van der Waals surface area contributed by atoms with Crippen molar-refractivity contribution in [3.05, 3.63) is 64.9 Å². The predicted molar refractivity (Wildman–Crippen MR) is 106 cm³/mol. The lowest BCUT2D eigenvalue weighted by molar-refractivity contribution is -0.130. The fourth-order valence-electron chi connectivity index (χ4n) is 2.39. The minimum atomic E-state index is -1.30. The molecule has 0 spiro atoms. The molecule has 2 aromatic rings. The van der Waals surface area contributed by atoms with Gasteiger partial charge in [-0.05, 0) is 60.7 Å². The van der Waals surface area contributed by atoms with E-state index < -0.39 is 29.5 Å². The Kier molecular flexibility index (Phi) is 5.76. The fraction of sp³-hybridized carbons (Fsp3) is 0.0556. The zero-order valence-electron chi connectivity index (χ0n) is 14.1. The second kappa shape index (κ2) is 8.24. The van der Waals surface area contributed by atoms with Gasteiger partial charge in [0.15, 0.2) is 11.0 Å². The maximum absolute atomic E-state index is 12.9. The number of rotatable bonds is 4. The van der Waals surface area contributed by atoms with Crippen LogP contribution in [0.15, 0.2) is 53.6 Å². The Morgan fingerprint density at radius 3 is 2.46 bits per heavy atom. The molecular weight excluding hydrogens is 407 g/mol. The number of nitrogens with zero attached hydrogens (tertiary/aromatic N) is 2. The van der Waals surface area contributed by atoms with Crippen molar-refractivity contribution in [1.29, 1.82) is 0 Å². The number of nitrogens with one attached hydrogen (secondary N) is 2. The Balaban J connectivity index is 1.74. The van der Waals surface area contributed by atoms with E-state index in [0.29, 0.717) is 10.7 Å². The van der Waals surface area contributed by atoms with Crippen molar-refractivity contribution in [2.75, 3.05) is 4.90 Å². The third-order valence-corrected chi connectivity index (χ3v) is 4.32. The second-order valence-electron chi connectivity index (χ2n) is 5.65. The van der Waals surface area contributed by atoms with Crippen molar-refractivity contribution < 1.29 is 18.8 Å². The van der Waals surface area contributed by atoms with Crippen molar-refractivity contribution in [3.8, 4) is 0 Å². The molecular formula is C18H12ClFN4O3S. The van der Waals surface area contributed by atoms with Crippen LogP contribution in [0.1, 0.15) is 10.4 Å². The molecule has 7 nitrogen and oxygen atoms in total. The molecule has 1 saturated heterocycles. The van der Waals surface area contributed by atoms with E-state index in [9.17, 15) is 18.8 Å². The molecule has 28 heavy (non-hydrogen) atoms. The van der Waals surface area contributed by atoms with Crippen LogP contribution in [0.25, 0.3) is 0 Å². The molecule has 0 radical (unpaired) electrons. The minimum absolute atomic E-state index is 0.0719. The van der Waals surface area contributed by atoms with Crippen molar-refractivity contribution >= 4 is 58.6 Å². The number of amides is 3. The van der Waals surface area contributed by atoms with E-state index in [1.54, 1.807) is 24.3 Å². The number of benzene rings is 2. The average molecular weight is 419 g/mol. The topological polar surface area (TPSA) is 90.9 Å². The Hall–Kier alpha value is -3.17. The SMILES string of the molecule is O=C(N/N=C\[C@@H]1C(=O)NC(=S)N(c2ccc(Cl)cc2)C1=O)c1ccc(F)cc1. The van der Waals surface area contributed by atoms with Gasteiger partial charge in [0.1, 0.15) is 5.82 Å². The van der Waals surface area contributed by atoms with Crippen LogP contribution >= 0.6 is 23.8 Å². The normalized spacial score (nSPS) is 17.0. The van der Waals surface area contributed by atoms with E-state index in [2.05, 4.69) is 15.8 Å². The van der Waals surface area contributed by atoms with Crippen LogP contribution in [-0.4, -0.2) is 29.0 Å². The predicted octanol–water partition coefficient (Wildman–Crippen LogP) is 2.26. The van der Waals surface area contributed by atoms with E-state index in [1.807, 2.05) is 0 Å². The Bertz CT molecular complexity index is 979. The van der Waals surface area contributed by atoms with Gasteiger partial charge >= 0.3 is 0 Å². The van der Waals surface area contributed by atoms with Gasteiger partial charge in [-0.25, -0.2) is 9.82 Å². The molecule has 0 unspecified atom stereocenters. The molecule has 3 rings (SSSR count). The summed E-state index contributed by atoms with van der Waals surface area (Å²) in [6.45, 7) is 0. The standard InChI is InChI=1S/C18H12ClFN4O3S/c19-11-3-7-13(8-4-11)24-17(27)14(16(26)22-18(24)28)9-21-23-15(25)10-1-5-12(20)6-2-10/h1-9,14H,(H,23,25)(H,22,26,28)/b21-9-/t14-/m1/s1. The Labute approximate surface area is 169 Å². The zero-order valence-corrected chi connectivity index (χ0v) is 15.6. The fourth-order valence-corrected chi connectivity index (χ4v) is 2.81. The highest BCUT2D eigenvalue weighted by molar-refractivity contribution is 7.80. The molecule has 0 saturated carbocycles. The lowest BCUT2D eigenvalue weighted by Crippen LogP contribution is -2.58. The first-order valence-electron chi connectivity index (χ1n) is 7.90. The van der Waals surface area contributed by atoms with Gasteiger partial charge < -0.3 is 5.32 Å². The molecule has 1 aliphatic heterocycles. The van der Waals surface area contributed by atoms with Crippen molar-refractivity contribution in [2.45, 2.75) is 0 Å². The molecule has 1 fully saturated rings. The number of thiocarbonyl (C=S) groups is 1. The number of carbonyl (C=O) groups is 3. The van der Waals surface area contributed by atoms with E-state index in [0.717, 1.165) is 23.2 Å². The number of hydrogen-bond donors (Lipinski definition) is 2. The molecule has 2 aromatic carbocycles. The Morgan fingerprint density at radius 2 is 1.82 bits per heavy atom. The van der Waals surface area contributed by atoms with Gasteiger partial charge in [0.05, 0.1) is 5.69 Å². The van der Waals surface area contributed by atoms with E-state index in [4.69, 9.17) is 23.8 Å². The lowest BCUT2D eigenvalue weighted by atomic mass is 10.1. The zero-order chi connectivity index (χ0) is 20.3. The van der Waals surface area contributed by atoms with E-state index in [-0.39, 0.29) is 10.7 Å². The smallest absolute Gasteiger partial charge is 0.271 e. The van der Waals surface area contributed by atoms with Gasteiger partial charge in [-0.3, -0.25) is 19.3 Å². The average Bonchev–Trinajstić information content (AvgIpc) is 2.66. The second-order valence-corrected chi connectivity index (χ2v) is 6.47. The number of carbonyl (C=O) groups excluding carboxylic acids is 3. The molecule has 0 aliphatic carbocycles. The summed E-state index contributed by atoms with van der Waals surface area (Å²) in [4.78, 5) is 37.9. The summed E-state index contributed by atoms with van der Waals surface area (Å²) in [5.41, 5.74) is 2.78. The maximum Gasteiger partial charge on any atom is 0.271 e. The highest BCUT2D eigenvalue weighted by Gasteiger charge is 2.38. The van der Waals surface area contributed by atoms with Crippen LogP contribution in [0.3, 0.4) is 0 Å². The van der Waals surface area contributed by atoms with Gasteiger partial charge in [-0.2, -0.15) is 5.10 Å². The minimum Gasteiger partial charge on any atom is -0.301 e. The van der Waals surface area contributed by atoms with Gasteiger partial charge in [0.2, 0.25) is 5.91 Å². The quantitative estimate of drug-likeness (QED) is 0.345. The summed E-state index contributed by atoms with van der Waals surface area (Å²) in [7, 11) is 0. The largest absolute Gasteiger partial charge is 0.301 e. The Morgan fingerprint density at radius 1 is 1.18 bits per heavy atom. The molecule has 0 bridgehead atoms. The summed E-state index contributed by atoms with van der Waals surface area (Å²) in [6, 6.07) is 11.1. The number of hydrogen-bond acceptors (Lipinski definition) is 5. The van der Waals surface area contributed by atoms with Crippen LogP contribution < -0.4 is 15.6 Å². The molecule has 2 N–H and O–H groups in total. The maximum atomic E-state index is 12.9. The summed E-state index contributed by atoms with van der Waals surface area (Å²) < 4.78 is 12.9. The summed E-state index contributed by atoms with van der Waals surface area (Å²) in [6.07, 6.45) is 1.00. The summed E-state index contributed by atoms with van der Waals surface area (Å²) in [5, 5.41) is 6.49. The van der Waals surface area contributed by atoms with Crippen LogP contribution in [0.5, 0.6) is 0 Å². The number of anilines is 1. The molecule has 142 valence electrons. The third kappa shape index (κ3) is 4.21. The summed E-state index contributed by atoms with van der Waals surface area (Å²) in [5.74, 6) is -3.69. The van der Waals surface area contributed by atoms with Crippen molar-refractivity contribution in [2.24, 2.45) is 11.0 Å². The number of halogens is 2. The number of hydrazone groups is 1. The highest BCUT2D eigenvalue weighted by atomic mass is 35.5. The molecule has 1 atom stereocenters. The summed E-state index contributed by atoms with van der Waals surface area (Å²) >= 11 is 10.9. The van der Waals surface area contributed by atoms with Crippen molar-refractivity contribution in [1.82, 2.24) is 10.7 Å². The third-order valence-electron chi connectivity index (χ3n) is 3.78. The molecule has 10 heteroatoms. The van der Waals surface area contributed by atoms with Crippen LogP contribution in [0, 0.1) is 11.7 Å². The monoisotopic (exact) mass is 418 g/mol. The first-order valence-corrected chi connectivity index (χ1v) is 8.69. The van der Waals surface area contributed by atoms with Crippen LogP contribution in [0.2, 0.25) is 5.02 Å². The van der Waals surface area contributed by atoms with Gasteiger partial charge in [-0.1, -0.05) is 11.6 Å². The highest BCUT2D eigenvalue weighted by Crippen LogP contribution is 2.22. The first-order chi connectivity index (χ1) is 13.4.